The first-order chi connectivity index (χ1) is 9.70. The maximum absolute atomic E-state index is 11.7. The van der Waals surface area contributed by atoms with Crippen molar-refractivity contribution in [3.8, 4) is 11.3 Å². The van der Waals surface area contributed by atoms with Gasteiger partial charge in [-0.2, -0.15) is 0 Å². The predicted octanol–water partition coefficient (Wildman–Crippen LogP) is 4.11. The van der Waals surface area contributed by atoms with Gasteiger partial charge in [0, 0.05) is 10.6 Å². The van der Waals surface area contributed by atoms with E-state index in [1.165, 1.54) is 0 Å². The van der Waals surface area contributed by atoms with Crippen molar-refractivity contribution in [3.05, 3.63) is 52.2 Å². The van der Waals surface area contributed by atoms with Gasteiger partial charge in [0.1, 0.15) is 0 Å². The second-order valence-electron chi connectivity index (χ2n) is 6.14. The van der Waals surface area contributed by atoms with E-state index in [9.17, 15) is 4.79 Å². The second kappa shape index (κ2) is 5.49. The van der Waals surface area contributed by atoms with Gasteiger partial charge in [-0.05, 0) is 36.1 Å². The smallest absolute Gasteiger partial charge is 0.250 e. The highest BCUT2D eigenvalue weighted by atomic mass is 35.5. The Morgan fingerprint density at radius 3 is 2.24 bits per heavy atom. The highest BCUT2D eigenvalue weighted by Gasteiger charge is 2.24. The van der Waals surface area contributed by atoms with E-state index in [1.807, 2.05) is 37.3 Å². The zero-order valence-electron chi connectivity index (χ0n) is 12.7. The normalized spacial score (nSPS) is 11.5. The molecule has 3 nitrogen and oxygen atoms in total. The van der Waals surface area contributed by atoms with Gasteiger partial charge in [0.15, 0.2) is 0 Å². The van der Waals surface area contributed by atoms with Gasteiger partial charge in [0.05, 0.1) is 17.0 Å². The van der Waals surface area contributed by atoms with Crippen LogP contribution in [0.1, 0.15) is 42.4 Å². The summed E-state index contributed by atoms with van der Waals surface area (Å²) in [7, 11) is 0. The third-order valence-electron chi connectivity index (χ3n) is 3.39. The molecule has 1 aromatic carbocycles. The molecule has 4 heteroatoms. The van der Waals surface area contributed by atoms with Crippen molar-refractivity contribution in [1.82, 2.24) is 4.98 Å². The van der Waals surface area contributed by atoms with Crippen molar-refractivity contribution in [1.29, 1.82) is 0 Å². The number of rotatable bonds is 2. The van der Waals surface area contributed by atoms with Crippen molar-refractivity contribution in [2.75, 3.05) is 0 Å². The molecule has 1 amide bonds. The van der Waals surface area contributed by atoms with Crippen molar-refractivity contribution < 1.29 is 4.79 Å². The summed E-state index contributed by atoms with van der Waals surface area (Å²) in [5.74, 6) is -0.437. The molecule has 0 unspecified atom stereocenters. The number of aromatic nitrogens is 1. The lowest BCUT2D eigenvalue weighted by molar-refractivity contribution is 0.0997. The number of carbonyl (C=O) groups excluding carboxylic acids is 1. The molecular weight excluding hydrogens is 284 g/mol. The molecule has 110 valence electrons. The van der Waals surface area contributed by atoms with Gasteiger partial charge >= 0.3 is 0 Å². The lowest BCUT2D eigenvalue weighted by Gasteiger charge is -2.23. The molecule has 0 bridgehead atoms. The number of carbonyl (C=O) groups is 1. The average molecular weight is 303 g/mol. The zero-order valence-corrected chi connectivity index (χ0v) is 13.5. The van der Waals surface area contributed by atoms with Gasteiger partial charge in [-0.3, -0.25) is 9.78 Å². The Bertz CT molecular complexity index is 685. The molecule has 21 heavy (non-hydrogen) atoms. The molecule has 2 N–H and O–H groups in total. The van der Waals surface area contributed by atoms with Crippen LogP contribution in [0.4, 0.5) is 0 Å². The number of halogens is 1. The minimum Gasteiger partial charge on any atom is -0.366 e. The van der Waals surface area contributed by atoms with Crippen molar-refractivity contribution >= 4 is 17.5 Å². The summed E-state index contributed by atoms with van der Waals surface area (Å²) in [5, 5.41) is 0.681. The fraction of sp³-hybridized carbons (Fsp3) is 0.294. The molecule has 0 atom stereocenters. The maximum Gasteiger partial charge on any atom is 0.250 e. The average Bonchev–Trinajstić information content (AvgIpc) is 2.37. The van der Waals surface area contributed by atoms with Crippen LogP contribution in [-0.4, -0.2) is 10.9 Å². The molecule has 0 saturated carbocycles. The summed E-state index contributed by atoms with van der Waals surface area (Å²) in [6, 6.07) is 9.43. The lowest BCUT2D eigenvalue weighted by atomic mass is 9.82. The minimum absolute atomic E-state index is 0.195. The number of primary amides is 1. The van der Waals surface area contributed by atoms with E-state index in [1.54, 1.807) is 0 Å². The van der Waals surface area contributed by atoms with Gasteiger partial charge < -0.3 is 5.73 Å². The molecule has 2 aromatic rings. The van der Waals surface area contributed by atoms with Crippen LogP contribution in [0, 0.1) is 6.92 Å². The van der Waals surface area contributed by atoms with E-state index in [0.717, 1.165) is 16.8 Å². The van der Waals surface area contributed by atoms with Crippen LogP contribution in [-0.2, 0) is 5.41 Å². The summed E-state index contributed by atoms with van der Waals surface area (Å²) < 4.78 is 0. The Kier molecular flexibility index (Phi) is 4.06. The third kappa shape index (κ3) is 3.24. The number of nitrogens with two attached hydrogens (primary N) is 1. The molecular formula is C17H19ClN2O. The van der Waals surface area contributed by atoms with E-state index >= 15 is 0 Å². The highest BCUT2D eigenvalue weighted by Crippen LogP contribution is 2.31. The van der Waals surface area contributed by atoms with Crippen LogP contribution in [0.25, 0.3) is 11.3 Å². The Labute approximate surface area is 130 Å². The number of pyridine rings is 1. The van der Waals surface area contributed by atoms with Crippen molar-refractivity contribution in [2.45, 2.75) is 33.1 Å². The Morgan fingerprint density at radius 2 is 1.76 bits per heavy atom. The number of hydrogen-bond acceptors (Lipinski definition) is 2. The second-order valence-corrected chi connectivity index (χ2v) is 6.57. The van der Waals surface area contributed by atoms with Gasteiger partial charge in [0.2, 0.25) is 0 Å². The molecule has 0 radical (unpaired) electrons. The fourth-order valence-corrected chi connectivity index (χ4v) is 2.47. The summed E-state index contributed by atoms with van der Waals surface area (Å²) >= 11 is 5.92. The zero-order chi connectivity index (χ0) is 15.8. The molecule has 2 rings (SSSR count). The van der Waals surface area contributed by atoms with Gasteiger partial charge in [-0.25, -0.2) is 0 Å². The predicted molar refractivity (Wildman–Crippen MR) is 86.6 cm³/mol. The molecule has 0 aliphatic carbocycles. The molecule has 0 aliphatic heterocycles. The largest absolute Gasteiger partial charge is 0.366 e. The van der Waals surface area contributed by atoms with E-state index in [-0.39, 0.29) is 5.41 Å². The first-order valence-electron chi connectivity index (χ1n) is 6.78. The number of hydrogen-bond donors (Lipinski definition) is 1. The van der Waals surface area contributed by atoms with E-state index in [0.29, 0.717) is 16.3 Å². The standard InChI is InChI=1S/C17H19ClN2O/c1-10-15(16(19)21)13(17(2,3)4)9-14(20-10)11-5-7-12(18)8-6-11/h5-9H,1-4H3,(H2,19,21). The number of benzene rings is 1. The summed E-state index contributed by atoms with van der Waals surface area (Å²) in [5.41, 5.74) is 9.19. The van der Waals surface area contributed by atoms with Crippen molar-refractivity contribution in [2.24, 2.45) is 5.73 Å². The van der Waals surface area contributed by atoms with Gasteiger partial charge in [-0.15, -0.1) is 0 Å². The molecule has 0 spiro atoms. The minimum atomic E-state index is -0.437. The van der Waals surface area contributed by atoms with E-state index in [4.69, 9.17) is 17.3 Å². The van der Waals surface area contributed by atoms with Crippen LogP contribution < -0.4 is 5.73 Å². The quantitative estimate of drug-likeness (QED) is 0.907. The molecule has 0 saturated heterocycles. The molecule has 1 aromatic heterocycles. The van der Waals surface area contributed by atoms with Crippen LogP contribution in [0.3, 0.4) is 0 Å². The first kappa shape index (κ1) is 15.5. The van der Waals surface area contributed by atoms with Crippen molar-refractivity contribution in [3.63, 3.8) is 0 Å². The Morgan fingerprint density at radius 1 is 1.19 bits per heavy atom. The van der Waals surface area contributed by atoms with Crippen LogP contribution in [0.2, 0.25) is 5.02 Å². The van der Waals surface area contributed by atoms with Gasteiger partial charge in [-0.1, -0.05) is 44.5 Å². The Hall–Kier alpha value is -1.87. The number of aryl methyl sites for hydroxylation is 1. The summed E-state index contributed by atoms with van der Waals surface area (Å²) in [6.07, 6.45) is 0. The third-order valence-corrected chi connectivity index (χ3v) is 3.65. The molecule has 0 fully saturated rings. The number of nitrogens with zero attached hydrogens (tertiary/aromatic N) is 1. The monoisotopic (exact) mass is 302 g/mol. The topological polar surface area (TPSA) is 56.0 Å². The van der Waals surface area contributed by atoms with E-state index < -0.39 is 5.91 Å². The summed E-state index contributed by atoms with van der Waals surface area (Å²) in [4.78, 5) is 16.3. The van der Waals surface area contributed by atoms with Crippen LogP contribution in [0.15, 0.2) is 30.3 Å². The first-order valence-corrected chi connectivity index (χ1v) is 7.16. The maximum atomic E-state index is 11.7. The fourth-order valence-electron chi connectivity index (χ4n) is 2.34. The van der Waals surface area contributed by atoms with Crippen LogP contribution >= 0.6 is 11.6 Å². The SMILES string of the molecule is Cc1nc(-c2ccc(Cl)cc2)cc(C(C)(C)C)c1C(N)=O. The molecule has 1 heterocycles. The Balaban J connectivity index is 2.68. The number of amides is 1. The van der Waals surface area contributed by atoms with E-state index in [2.05, 4.69) is 25.8 Å². The highest BCUT2D eigenvalue weighted by molar-refractivity contribution is 6.30. The van der Waals surface area contributed by atoms with Crippen LogP contribution in [0.5, 0.6) is 0 Å². The molecule has 0 aliphatic rings. The summed E-state index contributed by atoms with van der Waals surface area (Å²) in [6.45, 7) is 7.98. The lowest BCUT2D eigenvalue weighted by Crippen LogP contribution is -2.23. The van der Waals surface area contributed by atoms with Gasteiger partial charge in [0.25, 0.3) is 5.91 Å².